The lowest BCUT2D eigenvalue weighted by atomic mass is 9.87. The zero-order chi connectivity index (χ0) is 22.6. The van der Waals surface area contributed by atoms with Gasteiger partial charge < -0.3 is 14.2 Å². The number of nitrogens with one attached hydrogen (secondary N) is 1. The van der Waals surface area contributed by atoms with Crippen LogP contribution in [0, 0.1) is 0 Å². The molecule has 0 spiro atoms. The number of rotatable bonds is 7. The van der Waals surface area contributed by atoms with Gasteiger partial charge in [-0.2, -0.15) is 0 Å². The normalized spacial score (nSPS) is 12.2. The van der Waals surface area contributed by atoms with Gasteiger partial charge in [-0.25, -0.2) is 4.98 Å². The Morgan fingerprint density at radius 1 is 1.03 bits per heavy atom. The maximum atomic E-state index is 12.6. The fourth-order valence-corrected chi connectivity index (χ4v) is 3.68. The molecule has 0 saturated heterocycles. The maximum absolute atomic E-state index is 12.6. The third kappa shape index (κ3) is 5.55. The van der Waals surface area contributed by atoms with Gasteiger partial charge in [0, 0.05) is 10.9 Å². The molecule has 1 amide bonds. The van der Waals surface area contributed by atoms with Gasteiger partial charge in [-0.05, 0) is 48.2 Å². The molecule has 0 bridgehead atoms. The van der Waals surface area contributed by atoms with E-state index in [9.17, 15) is 4.79 Å². The van der Waals surface area contributed by atoms with E-state index >= 15 is 0 Å². The third-order valence-electron chi connectivity index (χ3n) is 4.82. The van der Waals surface area contributed by atoms with Gasteiger partial charge in [0.05, 0.1) is 19.9 Å². The number of carbonyl (C=O) groups excluding carboxylic acids is 1. The molecule has 1 N–H and O–H groups in total. The standard InChI is InChI=1S/C24H28N2O4S/c1-15(30-18-10-8-17(9-11-18)24(2,3)4)22(27)26-23-25-19(14-31-23)16-7-12-20(28-5)21(13-16)29-6/h7-15H,1-6H3,(H,25,26,27). The number of nitrogens with zero attached hydrogens (tertiary/aromatic N) is 1. The molecule has 0 radical (unpaired) electrons. The maximum Gasteiger partial charge on any atom is 0.266 e. The van der Waals surface area contributed by atoms with Crippen molar-refractivity contribution in [3.8, 4) is 28.5 Å². The first-order valence-electron chi connectivity index (χ1n) is 9.97. The second-order valence-electron chi connectivity index (χ2n) is 8.13. The number of methoxy groups -OCH3 is 2. The van der Waals surface area contributed by atoms with Crippen LogP contribution in [0.1, 0.15) is 33.3 Å². The predicted molar refractivity (Wildman–Crippen MR) is 125 cm³/mol. The van der Waals surface area contributed by atoms with Crippen LogP contribution in [-0.2, 0) is 10.2 Å². The van der Waals surface area contributed by atoms with E-state index in [1.165, 1.54) is 16.9 Å². The Hall–Kier alpha value is -3.06. The summed E-state index contributed by atoms with van der Waals surface area (Å²) in [5, 5.41) is 5.22. The van der Waals surface area contributed by atoms with Crippen molar-refractivity contribution >= 4 is 22.4 Å². The van der Waals surface area contributed by atoms with Crippen molar-refractivity contribution in [2.24, 2.45) is 0 Å². The molecule has 3 aromatic rings. The van der Waals surface area contributed by atoms with Crippen molar-refractivity contribution in [3.05, 3.63) is 53.4 Å². The summed E-state index contributed by atoms with van der Waals surface area (Å²) in [4.78, 5) is 17.1. The van der Waals surface area contributed by atoms with Gasteiger partial charge in [0.25, 0.3) is 5.91 Å². The Morgan fingerprint density at radius 2 is 1.71 bits per heavy atom. The molecule has 6 nitrogen and oxygen atoms in total. The third-order valence-corrected chi connectivity index (χ3v) is 5.57. The largest absolute Gasteiger partial charge is 0.493 e. The van der Waals surface area contributed by atoms with Crippen LogP contribution in [0.2, 0.25) is 0 Å². The van der Waals surface area contributed by atoms with Gasteiger partial charge in [0.1, 0.15) is 5.75 Å². The van der Waals surface area contributed by atoms with Crippen LogP contribution in [0.5, 0.6) is 17.2 Å². The summed E-state index contributed by atoms with van der Waals surface area (Å²) >= 11 is 1.35. The lowest BCUT2D eigenvalue weighted by Gasteiger charge is -2.20. The van der Waals surface area contributed by atoms with Crippen molar-refractivity contribution in [1.29, 1.82) is 0 Å². The van der Waals surface area contributed by atoms with Crippen LogP contribution in [0.4, 0.5) is 5.13 Å². The molecule has 0 aliphatic carbocycles. The first kappa shape index (κ1) is 22.6. The van der Waals surface area contributed by atoms with Crippen LogP contribution < -0.4 is 19.5 Å². The fourth-order valence-electron chi connectivity index (χ4n) is 2.96. The van der Waals surface area contributed by atoms with E-state index in [1.54, 1.807) is 21.1 Å². The van der Waals surface area contributed by atoms with E-state index in [0.29, 0.717) is 22.4 Å². The number of thiazole rings is 1. The quantitative estimate of drug-likeness (QED) is 0.523. The van der Waals surface area contributed by atoms with Gasteiger partial charge in [-0.3, -0.25) is 10.1 Å². The summed E-state index contributed by atoms with van der Waals surface area (Å²) in [7, 11) is 3.18. The highest BCUT2D eigenvalue weighted by molar-refractivity contribution is 7.14. The van der Waals surface area contributed by atoms with Gasteiger partial charge in [-0.15, -0.1) is 11.3 Å². The molecule has 0 aliphatic rings. The van der Waals surface area contributed by atoms with Crippen LogP contribution in [0.15, 0.2) is 47.8 Å². The molecule has 0 fully saturated rings. The summed E-state index contributed by atoms with van der Waals surface area (Å²) in [6.45, 7) is 8.19. The number of carbonyl (C=O) groups is 1. The number of ether oxygens (including phenoxy) is 3. The number of benzene rings is 2. The van der Waals surface area contributed by atoms with Crippen molar-refractivity contribution in [1.82, 2.24) is 4.98 Å². The summed E-state index contributed by atoms with van der Waals surface area (Å²) in [5.41, 5.74) is 2.89. The molecule has 1 heterocycles. The highest BCUT2D eigenvalue weighted by Gasteiger charge is 2.18. The molecule has 1 atom stereocenters. The lowest BCUT2D eigenvalue weighted by Crippen LogP contribution is -2.30. The minimum absolute atomic E-state index is 0.0674. The fraction of sp³-hybridized carbons (Fsp3) is 0.333. The molecule has 2 aromatic carbocycles. The monoisotopic (exact) mass is 440 g/mol. The molecule has 1 unspecified atom stereocenters. The smallest absolute Gasteiger partial charge is 0.266 e. The Kier molecular flexibility index (Phi) is 6.85. The molecular formula is C24H28N2O4S. The summed E-state index contributed by atoms with van der Waals surface area (Å²) < 4.78 is 16.4. The van der Waals surface area contributed by atoms with Crippen molar-refractivity contribution in [2.45, 2.75) is 39.2 Å². The van der Waals surface area contributed by atoms with Crippen molar-refractivity contribution in [3.63, 3.8) is 0 Å². The Morgan fingerprint density at radius 3 is 2.32 bits per heavy atom. The molecule has 0 saturated carbocycles. The predicted octanol–water partition coefficient (Wildman–Crippen LogP) is 5.53. The Bertz CT molecular complexity index is 1040. The van der Waals surface area contributed by atoms with Crippen molar-refractivity contribution in [2.75, 3.05) is 19.5 Å². The van der Waals surface area contributed by atoms with E-state index in [4.69, 9.17) is 14.2 Å². The summed E-state index contributed by atoms with van der Waals surface area (Å²) in [5.74, 6) is 1.67. The lowest BCUT2D eigenvalue weighted by molar-refractivity contribution is -0.122. The molecule has 7 heteroatoms. The average Bonchev–Trinajstić information content (AvgIpc) is 3.21. The minimum atomic E-state index is -0.658. The van der Waals surface area contributed by atoms with Crippen LogP contribution in [0.25, 0.3) is 11.3 Å². The second kappa shape index (κ2) is 9.39. The van der Waals surface area contributed by atoms with Gasteiger partial charge in [-0.1, -0.05) is 32.9 Å². The van der Waals surface area contributed by atoms with Gasteiger partial charge in [0.2, 0.25) is 0 Å². The van der Waals surface area contributed by atoms with Crippen molar-refractivity contribution < 1.29 is 19.0 Å². The average molecular weight is 441 g/mol. The molecule has 1 aromatic heterocycles. The number of hydrogen-bond donors (Lipinski definition) is 1. The molecule has 0 aliphatic heterocycles. The zero-order valence-corrected chi connectivity index (χ0v) is 19.5. The highest BCUT2D eigenvalue weighted by Crippen LogP contribution is 2.33. The van der Waals surface area contributed by atoms with E-state index < -0.39 is 6.10 Å². The van der Waals surface area contributed by atoms with Crippen LogP contribution in [-0.4, -0.2) is 31.2 Å². The number of amides is 1. The van der Waals surface area contributed by atoms with Crippen LogP contribution >= 0.6 is 11.3 Å². The van der Waals surface area contributed by atoms with Gasteiger partial charge >= 0.3 is 0 Å². The zero-order valence-electron chi connectivity index (χ0n) is 18.7. The summed E-state index contributed by atoms with van der Waals surface area (Å²) in [6, 6.07) is 13.4. The topological polar surface area (TPSA) is 69.7 Å². The second-order valence-corrected chi connectivity index (χ2v) is 8.99. The molecular weight excluding hydrogens is 412 g/mol. The van der Waals surface area contributed by atoms with E-state index in [0.717, 1.165) is 11.3 Å². The minimum Gasteiger partial charge on any atom is -0.493 e. The van der Waals surface area contributed by atoms with E-state index in [1.807, 2.05) is 47.8 Å². The molecule has 3 rings (SSSR count). The van der Waals surface area contributed by atoms with Gasteiger partial charge in [0.15, 0.2) is 22.7 Å². The summed E-state index contributed by atoms with van der Waals surface area (Å²) in [6.07, 6.45) is -0.658. The first-order valence-corrected chi connectivity index (χ1v) is 10.8. The number of anilines is 1. The molecule has 31 heavy (non-hydrogen) atoms. The molecule has 164 valence electrons. The Balaban J connectivity index is 1.64. The first-order chi connectivity index (χ1) is 14.7. The SMILES string of the molecule is COc1ccc(-c2csc(NC(=O)C(C)Oc3ccc(C(C)(C)C)cc3)n2)cc1OC. The number of hydrogen-bond acceptors (Lipinski definition) is 6. The number of aromatic nitrogens is 1. The van der Waals surface area contributed by atoms with Crippen LogP contribution in [0.3, 0.4) is 0 Å². The van der Waals surface area contributed by atoms with E-state index in [-0.39, 0.29) is 11.3 Å². The van der Waals surface area contributed by atoms with E-state index in [2.05, 4.69) is 31.1 Å². The Labute approximate surface area is 187 Å². The highest BCUT2D eigenvalue weighted by atomic mass is 32.1.